The summed E-state index contributed by atoms with van der Waals surface area (Å²) in [6.45, 7) is 2.18. The van der Waals surface area contributed by atoms with Gasteiger partial charge in [-0.3, -0.25) is 4.79 Å². The molecule has 1 aliphatic heterocycles. The Labute approximate surface area is 161 Å². The van der Waals surface area contributed by atoms with Crippen LogP contribution in [0.4, 0.5) is 4.79 Å². The molecule has 1 aromatic carbocycles. The van der Waals surface area contributed by atoms with E-state index in [-0.39, 0.29) is 24.2 Å². The van der Waals surface area contributed by atoms with Gasteiger partial charge in [0.2, 0.25) is 5.91 Å². The molecule has 3 rings (SSSR count). The van der Waals surface area contributed by atoms with Crippen molar-refractivity contribution in [3.05, 3.63) is 47.8 Å². The van der Waals surface area contributed by atoms with E-state index in [1.807, 2.05) is 30.3 Å². The molecule has 3 amide bonds. The Morgan fingerprint density at radius 1 is 1.07 bits per heavy atom. The Bertz CT molecular complexity index is 845. The topological polar surface area (TPSA) is 112 Å². The van der Waals surface area contributed by atoms with E-state index >= 15 is 0 Å². The van der Waals surface area contributed by atoms with Gasteiger partial charge in [0, 0.05) is 39.8 Å². The molecule has 148 valence electrons. The van der Waals surface area contributed by atoms with Crippen molar-refractivity contribution >= 4 is 17.9 Å². The molecule has 0 saturated carbocycles. The van der Waals surface area contributed by atoms with Gasteiger partial charge in [-0.15, -0.1) is 5.10 Å². The summed E-state index contributed by atoms with van der Waals surface area (Å²) in [6, 6.07) is 9.68. The maximum absolute atomic E-state index is 12.6. The number of hydrogen-bond donors (Lipinski definition) is 1. The first-order valence-electron chi connectivity index (χ1n) is 8.89. The fourth-order valence-corrected chi connectivity index (χ4v) is 3.03. The van der Waals surface area contributed by atoms with Crippen LogP contribution >= 0.6 is 0 Å². The molecule has 1 aromatic heterocycles. The predicted octanol–water partition coefficient (Wildman–Crippen LogP) is 0.373. The number of carbonyl (C=O) groups excluding carboxylic acids is 2. The van der Waals surface area contributed by atoms with Gasteiger partial charge in [0.25, 0.3) is 0 Å². The van der Waals surface area contributed by atoms with Crippen LogP contribution in [0.5, 0.6) is 0 Å². The first-order chi connectivity index (χ1) is 13.4. The molecule has 28 heavy (non-hydrogen) atoms. The summed E-state index contributed by atoms with van der Waals surface area (Å²) < 4.78 is 1.21. The molecule has 0 radical (unpaired) electrons. The Hall–Kier alpha value is -3.43. The number of nitrogens with zero attached hydrogens (tertiary/aromatic N) is 6. The largest absolute Gasteiger partial charge is 0.476 e. The van der Waals surface area contributed by atoms with Crippen molar-refractivity contribution in [1.29, 1.82) is 0 Å². The van der Waals surface area contributed by atoms with E-state index in [4.69, 9.17) is 5.11 Å². The summed E-state index contributed by atoms with van der Waals surface area (Å²) in [5.41, 5.74) is 0.852. The fourth-order valence-electron chi connectivity index (χ4n) is 3.03. The summed E-state index contributed by atoms with van der Waals surface area (Å²) in [4.78, 5) is 40.8. The smallest absolute Gasteiger partial charge is 0.358 e. The third-order valence-electron chi connectivity index (χ3n) is 4.55. The zero-order valence-corrected chi connectivity index (χ0v) is 15.6. The first-order valence-corrected chi connectivity index (χ1v) is 8.89. The molecule has 1 saturated heterocycles. The number of carboxylic acid groups (broad SMARTS) is 1. The molecule has 0 bridgehead atoms. The number of piperazine rings is 1. The van der Waals surface area contributed by atoms with Gasteiger partial charge in [0.05, 0.1) is 6.20 Å². The molecule has 2 heterocycles. The number of benzene rings is 1. The second kappa shape index (κ2) is 8.51. The molecule has 0 aliphatic carbocycles. The molecule has 1 aliphatic rings. The molecular formula is C18H22N6O4. The molecule has 1 N–H and O–H groups in total. The van der Waals surface area contributed by atoms with Crippen molar-refractivity contribution in [3.63, 3.8) is 0 Å². The van der Waals surface area contributed by atoms with Crippen LogP contribution in [0.25, 0.3) is 0 Å². The third-order valence-corrected chi connectivity index (χ3v) is 4.55. The van der Waals surface area contributed by atoms with Crippen LogP contribution in [-0.2, 0) is 17.9 Å². The average Bonchev–Trinajstić information content (AvgIpc) is 3.17. The highest BCUT2D eigenvalue weighted by Crippen LogP contribution is 2.09. The van der Waals surface area contributed by atoms with Gasteiger partial charge in [0.1, 0.15) is 6.54 Å². The van der Waals surface area contributed by atoms with Crippen molar-refractivity contribution in [2.45, 2.75) is 13.1 Å². The van der Waals surface area contributed by atoms with Gasteiger partial charge < -0.3 is 19.8 Å². The summed E-state index contributed by atoms with van der Waals surface area (Å²) >= 11 is 0. The Morgan fingerprint density at radius 2 is 1.71 bits per heavy atom. The second-order valence-electron chi connectivity index (χ2n) is 6.60. The van der Waals surface area contributed by atoms with Crippen LogP contribution in [0, 0.1) is 0 Å². The lowest BCUT2D eigenvalue weighted by molar-refractivity contribution is -0.133. The van der Waals surface area contributed by atoms with E-state index in [9.17, 15) is 14.4 Å². The summed E-state index contributed by atoms with van der Waals surface area (Å²) in [7, 11) is 1.76. The summed E-state index contributed by atoms with van der Waals surface area (Å²) in [5.74, 6) is -1.38. The fraction of sp³-hybridized carbons (Fsp3) is 0.389. The second-order valence-corrected chi connectivity index (χ2v) is 6.60. The SMILES string of the molecule is CN(Cc1ccccc1)C(=O)N1CCN(C(=O)Cn2cc(C(=O)O)nn2)CC1. The van der Waals surface area contributed by atoms with Crippen molar-refractivity contribution in [2.75, 3.05) is 33.2 Å². The predicted molar refractivity (Wildman–Crippen MR) is 98.4 cm³/mol. The van der Waals surface area contributed by atoms with Crippen molar-refractivity contribution in [3.8, 4) is 0 Å². The molecular weight excluding hydrogens is 364 g/mol. The van der Waals surface area contributed by atoms with E-state index in [2.05, 4.69) is 10.3 Å². The van der Waals surface area contributed by atoms with Gasteiger partial charge in [0.15, 0.2) is 5.69 Å². The van der Waals surface area contributed by atoms with E-state index in [0.717, 1.165) is 5.56 Å². The van der Waals surface area contributed by atoms with Crippen LogP contribution < -0.4 is 0 Å². The van der Waals surface area contributed by atoms with E-state index < -0.39 is 5.97 Å². The molecule has 0 unspecified atom stereocenters. The molecule has 0 spiro atoms. The number of aromatic nitrogens is 3. The van der Waals surface area contributed by atoms with Gasteiger partial charge in [-0.1, -0.05) is 35.5 Å². The molecule has 2 aromatic rings. The highest BCUT2D eigenvalue weighted by atomic mass is 16.4. The lowest BCUT2D eigenvalue weighted by Gasteiger charge is -2.36. The molecule has 10 nitrogen and oxygen atoms in total. The Balaban J connectivity index is 1.48. The van der Waals surface area contributed by atoms with E-state index in [0.29, 0.717) is 32.7 Å². The van der Waals surface area contributed by atoms with Crippen molar-refractivity contribution < 1.29 is 19.5 Å². The lowest BCUT2D eigenvalue weighted by Crippen LogP contribution is -2.53. The van der Waals surface area contributed by atoms with Crippen LogP contribution in [-0.4, -0.2) is 85.9 Å². The van der Waals surface area contributed by atoms with Gasteiger partial charge in [-0.2, -0.15) is 0 Å². The maximum atomic E-state index is 12.6. The monoisotopic (exact) mass is 386 g/mol. The molecule has 10 heteroatoms. The zero-order chi connectivity index (χ0) is 20.1. The van der Waals surface area contributed by atoms with Crippen LogP contribution in [0.15, 0.2) is 36.5 Å². The van der Waals surface area contributed by atoms with Crippen LogP contribution in [0.3, 0.4) is 0 Å². The van der Waals surface area contributed by atoms with E-state index in [1.54, 1.807) is 21.7 Å². The highest BCUT2D eigenvalue weighted by molar-refractivity contribution is 5.85. The van der Waals surface area contributed by atoms with Gasteiger partial charge in [-0.25, -0.2) is 14.3 Å². The molecule has 1 fully saturated rings. The summed E-state index contributed by atoms with van der Waals surface area (Å²) in [6.07, 6.45) is 1.22. The molecule has 0 atom stereocenters. The van der Waals surface area contributed by atoms with Crippen LogP contribution in [0.2, 0.25) is 0 Å². The zero-order valence-electron chi connectivity index (χ0n) is 15.6. The van der Waals surface area contributed by atoms with Gasteiger partial charge >= 0.3 is 12.0 Å². The number of amides is 3. The number of carbonyl (C=O) groups is 3. The highest BCUT2D eigenvalue weighted by Gasteiger charge is 2.26. The number of urea groups is 1. The normalized spacial score (nSPS) is 14.0. The minimum atomic E-state index is -1.19. The van der Waals surface area contributed by atoms with E-state index in [1.165, 1.54) is 10.9 Å². The number of carboxylic acids is 1. The van der Waals surface area contributed by atoms with Crippen molar-refractivity contribution in [1.82, 2.24) is 29.7 Å². The quantitative estimate of drug-likeness (QED) is 0.795. The maximum Gasteiger partial charge on any atom is 0.358 e. The van der Waals surface area contributed by atoms with Crippen LogP contribution in [0.1, 0.15) is 16.1 Å². The average molecular weight is 386 g/mol. The minimum Gasteiger partial charge on any atom is -0.476 e. The van der Waals surface area contributed by atoms with Gasteiger partial charge in [-0.05, 0) is 5.56 Å². The minimum absolute atomic E-state index is 0.0710. The standard InChI is InChI=1S/C18H22N6O4/c1-21(11-14-5-3-2-4-6-14)18(28)23-9-7-22(8-10-23)16(25)13-24-12-15(17(26)27)19-20-24/h2-6,12H,7-11,13H2,1H3,(H,26,27). The first kappa shape index (κ1) is 19.3. The number of aromatic carboxylic acids is 1. The third kappa shape index (κ3) is 4.64. The Morgan fingerprint density at radius 3 is 2.32 bits per heavy atom. The summed E-state index contributed by atoms with van der Waals surface area (Å²) in [5, 5.41) is 16.0. The Kier molecular flexibility index (Phi) is 5.87. The lowest BCUT2D eigenvalue weighted by atomic mass is 10.2. The van der Waals surface area contributed by atoms with Crippen molar-refractivity contribution in [2.24, 2.45) is 0 Å². The number of hydrogen-bond acceptors (Lipinski definition) is 5. The number of rotatable bonds is 5.